The Morgan fingerprint density at radius 2 is 1.67 bits per heavy atom. The van der Waals surface area contributed by atoms with E-state index in [9.17, 15) is 13.2 Å². The highest BCUT2D eigenvalue weighted by Gasteiger charge is 2.40. The minimum absolute atomic E-state index is 0. The molecule has 1 aliphatic heterocycles. The Morgan fingerprint density at radius 3 is 2.38 bits per heavy atom. The smallest absolute Gasteiger partial charge is 0.264 e. The molecule has 2 aliphatic rings. The topological polar surface area (TPSA) is 111 Å². The van der Waals surface area contributed by atoms with Crippen LogP contribution in [0.5, 0.6) is 5.88 Å². The molecule has 254 valence electrons. The fourth-order valence-corrected chi connectivity index (χ4v) is 7.60. The number of sulfonamides is 1. The van der Waals surface area contributed by atoms with Crippen molar-refractivity contribution in [2.24, 2.45) is 5.41 Å². The summed E-state index contributed by atoms with van der Waals surface area (Å²) in [5.74, 6) is 0.0124. The number of benzene rings is 3. The van der Waals surface area contributed by atoms with E-state index in [4.69, 9.17) is 9.47 Å². The van der Waals surface area contributed by atoms with Gasteiger partial charge in [-0.15, -0.1) is 0 Å². The highest BCUT2D eigenvalue weighted by Crippen LogP contribution is 2.35. The van der Waals surface area contributed by atoms with E-state index in [2.05, 4.69) is 52.5 Å². The Bertz CT molecular complexity index is 1870. The number of anilines is 1. The molecule has 4 bridgehead atoms. The molecule has 0 amide bonds. The van der Waals surface area contributed by atoms with Gasteiger partial charge in [-0.05, 0) is 67.3 Å². The molecule has 0 unspecified atom stereocenters. The van der Waals surface area contributed by atoms with E-state index >= 15 is 0 Å². The molecule has 6 rings (SSSR count). The standard InChI is InChI=1S/C38H44N4O5S.H2/c1-25-11-9-12-26(2)36(25)33-20-35-40-37(39-33)41-48(44,45)32-16-10-15-28(17-32)34(43)22-42(30(24-47-35)21-38(3,4)5)29-18-31(19-29)46-23-27-13-7-6-8-14-27;/h6-17,20,29-31H,18-19,21-24H2,1-5H3,(H,39,40,41);1H/t29?,30-,31?;/m1./s1. The number of carbonyl (C=O) groups is 1. The molecule has 2 heterocycles. The second-order valence-corrected chi connectivity index (χ2v) is 15.9. The first kappa shape index (κ1) is 33.8. The molecule has 1 saturated carbocycles. The third-order valence-electron chi connectivity index (χ3n) is 9.07. The molecule has 0 spiro atoms. The summed E-state index contributed by atoms with van der Waals surface area (Å²) < 4.78 is 42.4. The van der Waals surface area contributed by atoms with Crippen LogP contribution in [0.4, 0.5) is 5.95 Å². The van der Waals surface area contributed by atoms with Crippen molar-refractivity contribution in [2.45, 2.75) is 83.6 Å². The molecule has 10 heteroatoms. The molecular weight excluding hydrogens is 625 g/mol. The van der Waals surface area contributed by atoms with Crippen LogP contribution in [0.1, 0.15) is 68.5 Å². The van der Waals surface area contributed by atoms with Crippen LogP contribution in [0.2, 0.25) is 0 Å². The summed E-state index contributed by atoms with van der Waals surface area (Å²) >= 11 is 0. The van der Waals surface area contributed by atoms with Crippen molar-refractivity contribution >= 4 is 21.8 Å². The molecule has 1 fully saturated rings. The second-order valence-electron chi connectivity index (χ2n) is 14.2. The van der Waals surface area contributed by atoms with Gasteiger partial charge in [0.25, 0.3) is 10.0 Å². The summed E-state index contributed by atoms with van der Waals surface area (Å²) in [6.45, 7) is 11.5. The zero-order chi connectivity index (χ0) is 34.1. The lowest BCUT2D eigenvalue weighted by Crippen LogP contribution is -2.56. The number of aromatic nitrogens is 2. The normalized spacial score (nSPS) is 21.4. The Balaban J connectivity index is 0.00000468. The van der Waals surface area contributed by atoms with Gasteiger partial charge in [0, 0.05) is 30.7 Å². The van der Waals surface area contributed by atoms with Crippen LogP contribution in [0, 0.1) is 19.3 Å². The van der Waals surface area contributed by atoms with E-state index in [0.29, 0.717) is 17.9 Å². The molecule has 9 nitrogen and oxygen atoms in total. The van der Waals surface area contributed by atoms with Crippen LogP contribution >= 0.6 is 0 Å². The number of fused-ring (bicyclic) bond motifs is 4. The molecule has 3 aromatic carbocycles. The first-order valence-corrected chi connectivity index (χ1v) is 18.0. The largest absolute Gasteiger partial charge is 0.476 e. The first-order valence-electron chi connectivity index (χ1n) is 16.5. The third kappa shape index (κ3) is 7.94. The van der Waals surface area contributed by atoms with Gasteiger partial charge < -0.3 is 9.47 Å². The Hall–Kier alpha value is -4.12. The van der Waals surface area contributed by atoms with Crippen molar-refractivity contribution in [1.29, 1.82) is 0 Å². The van der Waals surface area contributed by atoms with Crippen LogP contribution in [0.15, 0.2) is 83.8 Å². The SMILES string of the molecule is Cc1cccc(C)c1-c1cc2nc(n1)NS(=O)(=O)c1cccc(c1)C(=O)CN(C1CC(OCc3ccccc3)C1)[C@H](CC(C)(C)C)CO2.[HH]. The number of aryl methyl sites for hydroxylation is 2. The van der Waals surface area contributed by atoms with Crippen LogP contribution < -0.4 is 9.46 Å². The lowest BCUT2D eigenvalue weighted by Gasteiger charge is -2.47. The van der Waals surface area contributed by atoms with Crippen LogP contribution in [0.3, 0.4) is 0 Å². The minimum Gasteiger partial charge on any atom is -0.476 e. The van der Waals surface area contributed by atoms with Gasteiger partial charge in [0.15, 0.2) is 5.78 Å². The summed E-state index contributed by atoms with van der Waals surface area (Å²) in [6.07, 6.45) is 2.42. The summed E-state index contributed by atoms with van der Waals surface area (Å²) in [4.78, 5) is 25.3. The van der Waals surface area contributed by atoms with Gasteiger partial charge in [0.2, 0.25) is 11.8 Å². The van der Waals surface area contributed by atoms with Crippen LogP contribution in [-0.4, -0.2) is 60.4 Å². The van der Waals surface area contributed by atoms with Crippen LogP contribution in [0.25, 0.3) is 11.3 Å². The molecule has 48 heavy (non-hydrogen) atoms. The number of ketones is 1. The maximum atomic E-state index is 13.9. The van der Waals surface area contributed by atoms with Crippen molar-refractivity contribution in [2.75, 3.05) is 17.9 Å². The lowest BCUT2D eigenvalue weighted by molar-refractivity contribution is -0.0740. The van der Waals surface area contributed by atoms with Crippen molar-refractivity contribution in [3.05, 3.63) is 101 Å². The number of ether oxygens (including phenoxy) is 2. The van der Waals surface area contributed by atoms with E-state index in [1.165, 1.54) is 12.1 Å². The third-order valence-corrected chi connectivity index (χ3v) is 10.4. The maximum Gasteiger partial charge on any atom is 0.264 e. The number of hydrogen-bond acceptors (Lipinski definition) is 8. The van der Waals surface area contributed by atoms with E-state index in [0.717, 1.165) is 41.5 Å². The highest BCUT2D eigenvalue weighted by molar-refractivity contribution is 7.92. The molecule has 0 radical (unpaired) electrons. The number of nitrogens with zero attached hydrogens (tertiary/aromatic N) is 3. The molecular formula is C38H46N4O5S. The fourth-order valence-electron chi connectivity index (χ4n) is 6.61. The van der Waals surface area contributed by atoms with Gasteiger partial charge in [-0.3, -0.25) is 9.69 Å². The predicted octanol–water partition coefficient (Wildman–Crippen LogP) is 7.24. The van der Waals surface area contributed by atoms with Gasteiger partial charge in [-0.25, -0.2) is 18.1 Å². The van der Waals surface area contributed by atoms with Crippen LogP contribution in [-0.2, 0) is 21.4 Å². The average Bonchev–Trinajstić information content (AvgIpc) is 3.01. The van der Waals surface area contributed by atoms with E-state index in [1.54, 1.807) is 18.2 Å². The van der Waals surface area contributed by atoms with Crippen molar-refractivity contribution < 1.29 is 24.1 Å². The molecule has 1 atom stereocenters. The molecule has 1 aliphatic carbocycles. The van der Waals surface area contributed by atoms with E-state index in [-0.39, 0.29) is 60.7 Å². The number of nitrogens with one attached hydrogen (secondary N) is 1. The number of rotatable bonds is 6. The summed E-state index contributed by atoms with van der Waals surface area (Å²) in [7, 11) is -4.12. The Labute approximate surface area is 285 Å². The van der Waals surface area contributed by atoms with Gasteiger partial charge >= 0.3 is 0 Å². The predicted molar refractivity (Wildman–Crippen MR) is 189 cm³/mol. The van der Waals surface area contributed by atoms with Gasteiger partial charge in [0.05, 0.1) is 29.8 Å². The minimum atomic E-state index is -4.12. The number of Topliss-reactive ketones (excluding diaryl/α,β-unsaturated/α-hetero) is 1. The van der Waals surface area contributed by atoms with Crippen molar-refractivity contribution in [3.63, 3.8) is 0 Å². The molecule has 0 saturated heterocycles. The van der Waals surface area contributed by atoms with Gasteiger partial charge in [-0.2, -0.15) is 4.98 Å². The molecule has 1 aromatic heterocycles. The number of hydrogen-bond donors (Lipinski definition) is 1. The van der Waals surface area contributed by atoms with Crippen molar-refractivity contribution in [1.82, 2.24) is 14.9 Å². The summed E-state index contributed by atoms with van der Waals surface area (Å²) in [6, 6.07) is 24.0. The average molecular weight is 671 g/mol. The molecule has 4 aromatic rings. The first-order chi connectivity index (χ1) is 22.8. The Morgan fingerprint density at radius 1 is 0.958 bits per heavy atom. The fraction of sp³-hybridized carbons (Fsp3) is 0.395. The monoisotopic (exact) mass is 670 g/mol. The highest BCUT2D eigenvalue weighted by atomic mass is 32.2. The lowest BCUT2D eigenvalue weighted by atomic mass is 9.82. The quantitative estimate of drug-likeness (QED) is 0.229. The summed E-state index contributed by atoms with van der Waals surface area (Å²) in [5, 5.41) is 0. The van der Waals surface area contributed by atoms with Gasteiger partial charge in [-0.1, -0.05) is 81.4 Å². The number of carbonyl (C=O) groups excluding carboxylic acids is 1. The zero-order valence-electron chi connectivity index (χ0n) is 28.3. The van der Waals surface area contributed by atoms with Gasteiger partial charge in [0.1, 0.15) is 6.61 Å². The molecule has 1 N–H and O–H groups in total. The Kier molecular flexibility index (Phi) is 9.69. The van der Waals surface area contributed by atoms with E-state index in [1.807, 2.05) is 50.2 Å². The van der Waals surface area contributed by atoms with E-state index < -0.39 is 10.0 Å². The maximum absolute atomic E-state index is 13.9. The zero-order valence-corrected chi connectivity index (χ0v) is 29.1. The summed E-state index contributed by atoms with van der Waals surface area (Å²) in [5.41, 5.74) is 4.84. The second kappa shape index (κ2) is 13.8. The van der Waals surface area contributed by atoms with Crippen molar-refractivity contribution in [3.8, 4) is 17.1 Å².